The van der Waals surface area contributed by atoms with Crippen LogP contribution in [-0.2, 0) is 21.1 Å². The number of hydrogen-bond acceptors (Lipinski definition) is 4. The molecule has 0 aliphatic carbocycles. The van der Waals surface area contributed by atoms with E-state index in [0.717, 1.165) is 37.1 Å². The first-order valence-electron chi connectivity index (χ1n) is 10.7. The largest absolute Gasteiger partial charge is 0.506 e. The van der Waals surface area contributed by atoms with E-state index in [4.69, 9.17) is 2.74 Å². The summed E-state index contributed by atoms with van der Waals surface area (Å²) in [6, 6.07) is 26.7. The number of fused-ring (bicyclic) bond motifs is 4. The van der Waals surface area contributed by atoms with Crippen molar-refractivity contribution in [2.75, 3.05) is 0 Å². The zero-order chi connectivity index (χ0) is 22.5. The third kappa shape index (κ3) is 3.48. The molecule has 6 rings (SSSR count). The van der Waals surface area contributed by atoms with Crippen molar-refractivity contribution in [3.63, 3.8) is 0 Å². The van der Waals surface area contributed by atoms with Gasteiger partial charge in [-0.05, 0) is 41.8 Å². The van der Waals surface area contributed by atoms with Crippen LogP contribution in [0.5, 0.6) is 5.75 Å². The maximum absolute atomic E-state index is 10.2. The molecule has 6 aromatic rings. The van der Waals surface area contributed by atoms with Crippen molar-refractivity contribution in [3.05, 3.63) is 97.1 Å². The standard InChI is InChI=1S/C26H16N3OS.Pt/c30-23-9-5-6-17-11-14-25(28-26(17)23)31-18-12-13-20-19-7-1-2-8-21(19)29(22(20)16-18)24-10-3-4-15-27-24;/h1-15,30H;/q-1;/i3D,4D;. The van der Waals surface area contributed by atoms with Crippen molar-refractivity contribution < 1.29 is 28.9 Å². The number of nitrogens with zero attached hydrogens (tertiary/aromatic N) is 3. The third-order valence-electron chi connectivity index (χ3n) is 5.22. The first-order valence-corrected chi connectivity index (χ1v) is 10.6. The molecule has 0 saturated heterocycles. The normalized spacial score (nSPS) is 12.0. The zero-order valence-corrected chi connectivity index (χ0v) is 19.6. The van der Waals surface area contributed by atoms with Crippen LogP contribution in [0.2, 0.25) is 0 Å². The summed E-state index contributed by atoms with van der Waals surface area (Å²) in [4.78, 5) is 9.92. The minimum Gasteiger partial charge on any atom is -0.506 e. The molecule has 0 bridgehead atoms. The second-order valence-corrected chi connectivity index (χ2v) is 8.15. The topological polar surface area (TPSA) is 50.9 Å². The van der Waals surface area contributed by atoms with Crippen LogP contribution in [0, 0.1) is 6.07 Å². The van der Waals surface area contributed by atoms with Crippen LogP contribution >= 0.6 is 11.8 Å². The molecule has 0 aliphatic rings. The molecule has 3 aromatic carbocycles. The van der Waals surface area contributed by atoms with Gasteiger partial charge in [0.1, 0.15) is 17.1 Å². The van der Waals surface area contributed by atoms with Crippen LogP contribution in [0.3, 0.4) is 0 Å². The average molecular weight is 616 g/mol. The maximum atomic E-state index is 10.2. The predicted octanol–water partition coefficient (Wildman–Crippen LogP) is 6.38. The molecule has 3 heterocycles. The van der Waals surface area contributed by atoms with Gasteiger partial charge in [0.2, 0.25) is 0 Å². The van der Waals surface area contributed by atoms with Gasteiger partial charge >= 0.3 is 0 Å². The molecule has 0 amide bonds. The molecule has 3 aromatic heterocycles. The van der Waals surface area contributed by atoms with Gasteiger partial charge in [0.15, 0.2) is 0 Å². The maximum Gasteiger partial charge on any atom is 0.141 e. The summed E-state index contributed by atoms with van der Waals surface area (Å²) in [6.45, 7) is 0. The van der Waals surface area contributed by atoms with Gasteiger partial charge < -0.3 is 9.67 Å². The molecular formula is C26H16N3OPtS-. The van der Waals surface area contributed by atoms with Crippen molar-refractivity contribution in [3.8, 4) is 11.6 Å². The predicted molar refractivity (Wildman–Crippen MR) is 125 cm³/mol. The minimum absolute atomic E-state index is 0. The van der Waals surface area contributed by atoms with Crippen molar-refractivity contribution in [2.24, 2.45) is 0 Å². The summed E-state index contributed by atoms with van der Waals surface area (Å²) in [5.41, 5.74) is 2.37. The summed E-state index contributed by atoms with van der Waals surface area (Å²) in [7, 11) is 0. The van der Waals surface area contributed by atoms with Gasteiger partial charge in [-0.3, -0.25) is 0 Å². The molecule has 0 radical (unpaired) electrons. The quantitative estimate of drug-likeness (QED) is 0.235. The van der Waals surface area contributed by atoms with Crippen molar-refractivity contribution in [1.82, 2.24) is 14.5 Å². The molecule has 4 nitrogen and oxygen atoms in total. The van der Waals surface area contributed by atoms with Gasteiger partial charge in [-0.2, -0.15) is 12.1 Å². The number of phenolic OH excluding ortho intramolecular Hbond substituents is 1. The number of rotatable bonds is 3. The van der Waals surface area contributed by atoms with Crippen LogP contribution in [0.25, 0.3) is 38.5 Å². The second kappa shape index (κ2) is 8.42. The number of phenols is 1. The number of pyridine rings is 2. The molecule has 0 unspecified atom stereocenters. The van der Waals surface area contributed by atoms with Crippen LogP contribution in [0.4, 0.5) is 0 Å². The van der Waals surface area contributed by atoms with E-state index in [1.165, 1.54) is 18.0 Å². The van der Waals surface area contributed by atoms with Gasteiger partial charge in [-0.15, -0.1) is 11.5 Å². The summed E-state index contributed by atoms with van der Waals surface area (Å²) < 4.78 is 17.9. The van der Waals surface area contributed by atoms with Gasteiger partial charge in [0, 0.05) is 38.2 Å². The SMILES string of the molecule is [2H]c1cnc(-n2c3[c-]c(Sc4ccc5cccc(O)c5n4)ccc3c3ccccc32)cc1[2H].[Pt]. The Labute approximate surface area is 206 Å². The Morgan fingerprint density at radius 3 is 2.72 bits per heavy atom. The minimum atomic E-state index is 0. The Bertz CT molecular complexity index is 1700. The fourth-order valence-corrected chi connectivity index (χ4v) is 4.64. The smallest absolute Gasteiger partial charge is 0.141 e. The van der Waals surface area contributed by atoms with Gasteiger partial charge in [-0.1, -0.05) is 58.5 Å². The van der Waals surface area contributed by atoms with Crippen LogP contribution < -0.4 is 0 Å². The Hall–Kier alpha value is -3.14. The fraction of sp³-hybridized carbons (Fsp3) is 0. The number of hydrogen-bond donors (Lipinski definition) is 1. The fourth-order valence-electron chi connectivity index (χ4n) is 3.86. The van der Waals surface area contributed by atoms with Crippen molar-refractivity contribution in [1.29, 1.82) is 0 Å². The van der Waals surface area contributed by atoms with Gasteiger partial charge in [0.05, 0.1) is 7.77 Å². The molecule has 0 aliphatic heterocycles. The molecule has 158 valence electrons. The van der Waals surface area contributed by atoms with E-state index in [2.05, 4.69) is 28.2 Å². The second-order valence-electron chi connectivity index (χ2n) is 7.09. The molecule has 32 heavy (non-hydrogen) atoms. The molecule has 0 spiro atoms. The monoisotopic (exact) mass is 615 g/mol. The molecular weight excluding hydrogens is 597 g/mol. The average Bonchev–Trinajstić information content (AvgIpc) is 3.15. The zero-order valence-electron chi connectivity index (χ0n) is 18.5. The summed E-state index contributed by atoms with van der Waals surface area (Å²) in [6.07, 6.45) is 1.41. The Morgan fingerprint density at radius 1 is 0.906 bits per heavy atom. The van der Waals surface area contributed by atoms with E-state index >= 15 is 0 Å². The number of para-hydroxylation sites is 2. The number of aromatic nitrogens is 3. The van der Waals surface area contributed by atoms with Crippen LogP contribution in [-0.4, -0.2) is 19.6 Å². The van der Waals surface area contributed by atoms with Crippen molar-refractivity contribution in [2.45, 2.75) is 9.92 Å². The number of aromatic hydroxyl groups is 1. The summed E-state index contributed by atoms with van der Waals surface area (Å²) >= 11 is 1.47. The third-order valence-corrected chi connectivity index (χ3v) is 6.11. The van der Waals surface area contributed by atoms with Crippen LogP contribution in [0.15, 0.2) is 101 Å². The Kier molecular flexibility index (Phi) is 4.85. The Morgan fingerprint density at radius 2 is 1.81 bits per heavy atom. The molecule has 6 heteroatoms. The van der Waals surface area contributed by atoms with Crippen molar-refractivity contribution >= 4 is 44.5 Å². The number of benzene rings is 3. The molecule has 0 fully saturated rings. The van der Waals surface area contributed by atoms with Gasteiger partial charge in [-0.25, -0.2) is 9.97 Å². The van der Waals surface area contributed by atoms with Crippen LogP contribution in [0.1, 0.15) is 2.74 Å². The van der Waals surface area contributed by atoms with E-state index in [0.29, 0.717) is 11.3 Å². The van der Waals surface area contributed by atoms with Gasteiger partial charge in [0.25, 0.3) is 0 Å². The molecule has 0 atom stereocenters. The first-order chi connectivity index (χ1) is 16.1. The summed E-state index contributed by atoms with van der Waals surface area (Å²) in [5.74, 6) is 0.735. The molecule has 1 N–H and O–H groups in total. The Balaban J connectivity index is 0.00000241. The van der Waals surface area contributed by atoms with E-state index in [-0.39, 0.29) is 38.9 Å². The van der Waals surface area contributed by atoms with E-state index in [9.17, 15) is 5.11 Å². The van der Waals surface area contributed by atoms with E-state index < -0.39 is 0 Å². The van der Waals surface area contributed by atoms with E-state index in [1.807, 2.05) is 47.0 Å². The first kappa shape index (κ1) is 18.4. The summed E-state index contributed by atoms with van der Waals surface area (Å²) in [5, 5.41) is 13.9. The molecule has 0 saturated carbocycles. The van der Waals surface area contributed by atoms with E-state index in [1.54, 1.807) is 18.2 Å².